The van der Waals surface area contributed by atoms with Crippen molar-refractivity contribution in [3.8, 4) is 10.6 Å². The molecule has 1 unspecified atom stereocenters. The van der Waals surface area contributed by atoms with Crippen LogP contribution < -0.4 is 0 Å². The van der Waals surface area contributed by atoms with Crippen molar-refractivity contribution in [2.45, 2.75) is 32.6 Å². The van der Waals surface area contributed by atoms with E-state index < -0.39 is 5.97 Å². The van der Waals surface area contributed by atoms with Crippen LogP contribution in [0.2, 0.25) is 0 Å². The van der Waals surface area contributed by atoms with Gasteiger partial charge in [0.05, 0.1) is 11.6 Å². The number of benzene rings is 1. The maximum absolute atomic E-state index is 11.2. The van der Waals surface area contributed by atoms with E-state index in [2.05, 4.69) is 35.5 Å². The van der Waals surface area contributed by atoms with Gasteiger partial charge in [-0.05, 0) is 42.9 Å². The van der Waals surface area contributed by atoms with Gasteiger partial charge in [-0.1, -0.05) is 19.1 Å². The molecule has 3 rings (SSSR count). The Morgan fingerprint density at radius 3 is 3.00 bits per heavy atom. The summed E-state index contributed by atoms with van der Waals surface area (Å²) in [6.07, 6.45) is 3.20. The lowest BCUT2D eigenvalue weighted by Gasteiger charge is -2.21. The minimum atomic E-state index is -0.677. The van der Waals surface area contributed by atoms with E-state index in [1.165, 1.54) is 11.1 Å². The van der Waals surface area contributed by atoms with Gasteiger partial charge in [0.15, 0.2) is 0 Å². The van der Waals surface area contributed by atoms with Gasteiger partial charge in [-0.25, -0.2) is 4.98 Å². The fourth-order valence-corrected chi connectivity index (χ4v) is 3.60. The van der Waals surface area contributed by atoms with Gasteiger partial charge in [0.25, 0.3) is 0 Å². The molecule has 0 amide bonds. The molecule has 1 aromatic carbocycles. The fourth-order valence-electron chi connectivity index (χ4n) is 2.70. The van der Waals surface area contributed by atoms with Crippen LogP contribution in [0.25, 0.3) is 10.6 Å². The van der Waals surface area contributed by atoms with Crippen molar-refractivity contribution in [2.24, 2.45) is 5.92 Å². The third-order valence-electron chi connectivity index (χ3n) is 3.94. The Bertz CT molecular complexity index is 648. The summed E-state index contributed by atoms with van der Waals surface area (Å²) in [4.78, 5) is 15.8. The largest absolute Gasteiger partial charge is 0.481 e. The van der Waals surface area contributed by atoms with E-state index in [0.717, 1.165) is 35.5 Å². The highest BCUT2D eigenvalue weighted by molar-refractivity contribution is 7.13. The van der Waals surface area contributed by atoms with Gasteiger partial charge >= 0.3 is 5.97 Å². The van der Waals surface area contributed by atoms with Gasteiger partial charge in [-0.3, -0.25) is 4.79 Å². The summed E-state index contributed by atoms with van der Waals surface area (Å²) in [6.45, 7) is 2.10. The first kappa shape index (κ1) is 13.3. The van der Waals surface area contributed by atoms with Crippen molar-refractivity contribution in [3.63, 3.8) is 0 Å². The van der Waals surface area contributed by atoms with Crippen LogP contribution in [-0.2, 0) is 24.1 Å². The van der Waals surface area contributed by atoms with Gasteiger partial charge in [-0.2, -0.15) is 0 Å². The number of fused-ring (bicyclic) bond motifs is 1. The van der Waals surface area contributed by atoms with Crippen molar-refractivity contribution in [3.05, 3.63) is 40.4 Å². The van der Waals surface area contributed by atoms with Crippen LogP contribution in [0.1, 0.15) is 30.2 Å². The van der Waals surface area contributed by atoms with Crippen LogP contribution in [0.15, 0.2) is 23.6 Å². The first-order chi connectivity index (χ1) is 9.67. The molecule has 1 atom stereocenters. The maximum Gasteiger partial charge on any atom is 0.306 e. The standard InChI is InChI=1S/C16H17NO2S/c1-2-14-9-20-15(17-14)11-5-3-10-4-6-12(16(18)19)8-13(10)7-11/h3,5,7,9,12H,2,4,6,8H2,1H3,(H,18,19). The van der Waals surface area contributed by atoms with E-state index in [1.54, 1.807) is 11.3 Å². The summed E-state index contributed by atoms with van der Waals surface area (Å²) in [6, 6.07) is 6.37. The smallest absolute Gasteiger partial charge is 0.306 e. The van der Waals surface area contributed by atoms with Crippen LogP contribution in [0.5, 0.6) is 0 Å². The number of hydrogen-bond donors (Lipinski definition) is 1. The van der Waals surface area contributed by atoms with Gasteiger partial charge < -0.3 is 5.11 Å². The van der Waals surface area contributed by atoms with E-state index in [9.17, 15) is 9.90 Å². The van der Waals surface area contributed by atoms with Crippen molar-refractivity contribution in [1.82, 2.24) is 4.98 Å². The van der Waals surface area contributed by atoms with E-state index in [0.29, 0.717) is 6.42 Å². The van der Waals surface area contributed by atoms with Gasteiger partial charge in [0, 0.05) is 10.9 Å². The number of aryl methyl sites for hydroxylation is 2. The highest BCUT2D eigenvalue weighted by atomic mass is 32.1. The second-order valence-corrected chi connectivity index (χ2v) is 6.12. The number of hydrogen-bond acceptors (Lipinski definition) is 3. The minimum Gasteiger partial charge on any atom is -0.481 e. The molecule has 0 saturated carbocycles. The van der Waals surface area contributed by atoms with Crippen molar-refractivity contribution in [1.29, 1.82) is 0 Å². The zero-order chi connectivity index (χ0) is 14.1. The van der Waals surface area contributed by atoms with Gasteiger partial charge in [0.2, 0.25) is 0 Å². The van der Waals surface area contributed by atoms with Crippen LogP contribution in [0, 0.1) is 5.92 Å². The second-order valence-electron chi connectivity index (χ2n) is 5.26. The Hall–Kier alpha value is -1.68. The second kappa shape index (κ2) is 5.37. The molecule has 0 aliphatic heterocycles. The molecular formula is C16H17NO2S. The zero-order valence-electron chi connectivity index (χ0n) is 11.4. The highest BCUT2D eigenvalue weighted by Gasteiger charge is 2.24. The van der Waals surface area contributed by atoms with E-state index in [-0.39, 0.29) is 5.92 Å². The molecule has 1 heterocycles. The van der Waals surface area contributed by atoms with Crippen LogP contribution >= 0.6 is 11.3 Å². The summed E-state index contributed by atoms with van der Waals surface area (Å²) in [5.41, 5.74) is 4.69. The Kier molecular flexibility index (Phi) is 3.57. The number of carbonyl (C=O) groups is 1. The summed E-state index contributed by atoms with van der Waals surface area (Å²) >= 11 is 1.66. The Morgan fingerprint density at radius 2 is 2.30 bits per heavy atom. The van der Waals surface area contributed by atoms with Gasteiger partial charge in [0.1, 0.15) is 5.01 Å². The van der Waals surface area contributed by atoms with Crippen molar-refractivity contribution in [2.75, 3.05) is 0 Å². The number of aromatic nitrogens is 1. The van der Waals surface area contributed by atoms with Crippen LogP contribution in [0.3, 0.4) is 0 Å². The topological polar surface area (TPSA) is 50.2 Å². The number of aliphatic carboxylic acids is 1. The molecule has 4 heteroatoms. The summed E-state index contributed by atoms with van der Waals surface area (Å²) < 4.78 is 0. The molecule has 2 aromatic rings. The predicted molar refractivity (Wildman–Crippen MR) is 80.1 cm³/mol. The maximum atomic E-state index is 11.2. The van der Waals surface area contributed by atoms with Crippen LogP contribution in [-0.4, -0.2) is 16.1 Å². The SMILES string of the molecule is CCc1csc(-c2ccc3c(c2)CC(C(=O)O)CC3)n1. The quantitative estimate of drug-likeness (QED) is 0.939. The van der Waals surface area contributed by atoms with E-state index in [4.69, 9.17) is 0 Å². The average Bonchev–Trinajstić information content (AvgIpc) is 2.95. The predicted octanol–water partition coefficient (Wildman–Crippen LogP) is 3.56. The first-order valence-electron chi connectivity index (χ1n) is 6.96. The monoisotopic (exact) mass is 287 g/mol. The molecule has 1 aliphatic carbocycles. The molecule has 0 spiro atoms. The average molecular weight is 287 g/mol. The molecule has 1 aliphatic rings. The van der Waals surface area contributed by atoms with E-state index >= 15 is 0 Å². The molecule has 0 bridgehead atoms. The first-order valence-corrected chi connectivity index (χ1v) is 7.84. The molecular weight excluding hydrogens is 270 g/mol. The molecule has 104 valence electrons. The van der Waals surface area contributed by atoms with Gasteiger partial charge in [-0.15, -0.1) is 11.3 Å². The third kappa shape index (κ3) is 2.48. The Balaban J connectivity index is 1.92. The molecule has 0 saturated heterocycles. The molecule has 1 aromatic heterocycles. The minimum absolute atomic E-state index is 0.236. The number of carboxylic acids is 1. The Morgan fingerprint density at radius 1 is 1.45 bits per heavy atom. The number of rotatable bonds is 3. The third-order valence-corrected chi connectivity index (χ3v) is 4.89. The van der Waals surface area contributed by atoms with Crippen LogP contribution in [0.4, 0.5) is 0 Å². The lowest BCUT2D eigenvalue weighted by atomic mass is 9.83. The lowest BCUT2D eigenvalue weighted by molar-refractivity contribution is -0.142. The van der Waals surface area contributed by atoms with E-state index in [1.807, 2.05) is 0 Å². The normalized spacial score (nSPS) is 17.8. The molecule has 0 radical (unpaired) electrons. The molecule has 1 N–H and O–H groups in total. The number of carboxylic acid groups (broad SMARTS) is 1. The molecule has 3 nitrogen and oxygen atoms in total. The molecule has 0 fully saturated rings. The fraction of sp³-hybridized carbons (Fsp3) is 0.375. The summed E-state index contributed by atoms with van der Waals surface area (Å²) in [5.74, 6) is -0.913. The Labute approximate surface area is 122 Å². The van der Waals surface area contributed by atoms with Crippen molar-refractivity contribution >= 4 is 17.3 Å². The number of thiazole rings is 1. The highest BCUT2D eigenvalue weighted by Crippen LogP contribution is 2.31. The zero-order valence-corrected chi connectivity index (χ0v) is 12.2. The van der Waals surface area contributed by atoms with Crippen molar-refractivity contribution < 1.29 is 9.90 Å². The summed E-state index contributed by atoms with van der Waals surface area (Å²) in [5, 5.41) is 12.3. The lowest BCUT2D eigenvalue weighted by Crippen LogP contribution is -2.22. The summed E-state index contributed by atoms with van der Waals surface area (Å²) in [7, 11) is 0. The number of nitrogens with zero attached hydrogens (tertiary/aromatic N) is 1. The molecule has 20 heavy (non-hydrogen) atoms.